The Morgan fingerprint density at radius 2 is 2.00 bits per heavy atom. The Morgan fingerprint density at radius 1 is 1.29 bits per heavy atom. The van der Waals surface area contributed by atoms with Crippen molar-refractivity contribution in [2.75, 3.05) is 5.32 Å². The number of aliphatic hydroxyl groups is 1. The second kappa shape index (κ2) is 4.55. The Kier molecular flexibility index (Phi) is 3.10. The minimum absolute atomic E-state index is 0.163. The number of hydrogen-bond donors (Lipinski definition) is 3. The number of carboxylic acids is 1. The maximum atomic E-state index is 11.7. The SMILES string of the molecule is O=C(O)[C@H]1C[C@H]1C(=O)Nc1ccccc1CO. The molecule has 90 valence electrons. The van der Waals surface area contributed by atoms with Crippen molar-refractivity contribution in [1.82, 2.24) is 0 Å². The molecule has 1 saturated carbocycles. The van der Waals surface area contributed by atoms with E-state index in [-0.39, 0.29) is 12.5 Å². The number of benzene rings is 1. The van der Waals surface area contributed by atoms with Crippen molar-refractivity contribution in [3.05, 3.63) is 29.8 Å². The molecule has 1 aromatic rings. The largest absolute Gasteiger partial charge is 0.481 e. The molecule has 0 aliphatic heterocycles. The second-order valence-corrected chi connectivity index (χ2v) is 4.09. The lowest BCUT2D eigenvalue weighted by molar-refractivity contribution is -0.139. The summed E-state index contributed by atoms with van der Waals surface area (Å²) >= 11 is 0. The Morgan fingerprint density at radius 3 is 2.59 bits per heavy atom. The predicted octanol–water partition coefficient (Wildman–Crippen LogP) is 0.838. The maximum absolute atomic E-state index is 11.7. The summed E-state index contributed by atoms with van der Waals surface area (Å²) in [6.45, 7) is -0.163. The normalized spacial score (nSPS) is 21.9. The molecule has 0 saturated heterocycles. The first-order chi connectivity index (χ1) is 8.13. The van der Waals surface area contributed by atoms with Crippen LogP contribution in [0, 0.1) is 11.8 Å². The van der Waals surface area contributed by atoms with Crippen LogP contribution in [0.1, 0.15) is 12.0 Å². The fraction of sp³-hybridized carbons (Fsp3) is 0.333. The van der Waals surface area contributed by atoms with Crippen LogP contribution in [-0.4, -0.2) is 22.1 Å². The van der Waals surface area contributed by atoms with Gasteiger partial charge in [0, 0.05) is 11.3 Å². The quantitative estimate of drug-likeness (QED) is 0.721. The van der Waals surface area contributed by atoms with Crippen LogP contribution in [0.5, 0.6) is 0 Å². The average Bonchev–Trinajstić information content (AvgIpc) is 3.09. The number of aliphatic hydroxyl groups excluding tert-OH is 1. The van der Waals surface area contributed by atoms with Crippen LogP contribution in [0.2, 0.25) is 0 Å². The predicted molar refractivity (Wildman–Crippen MR) is 60.2 cm³/mol. The lowest BCUT2D eigenvalue weighted by Crippen LogP contribution is -2.17. The van der Waals surface area contributed by atoms with Crippen molar-refractivity contribution in [1.29, 1.82) is 0 Å². The van der Waals surface area contributed by atoms with E-state index in [2.05, 4.69) is 5.32 Å². The minimum Gasteiger partial charge on any atom is -0.481 e. The lowest BCUT2D eigenvalue weighted by Gasteiger charge is -2.08. The van der Waals surface area contributed by atoms with E-state index in [9.17, 15) is 9.59 Å². The third kappa shape index (κ3) is 2.45. The fourth-order valence-electron chi connectivity index (χ4n) is 1.76. The summed E-state index contributed by atoms with van der Waals surface area (Å²) in [5.41, 5.74) is 1.16. The van der Waals surface area contributed by atoms with Crippen molar-refractivity contribution in [2.24, 2.45) is 11.8 Å². The van der Waals surface area contributed by atoms with Crippen LogP contribution < -0.4 is 5.32 Å². The van der Waals surface area contributed by atoms with Gasteiger partial charge in [0.2, 0.25) is 5.91 Å². The van der Waals surface area contributed by atoms with Gasteiger partial charge in [-0.25, -0.2) is 0 Å². The first-order valence-corrected chi connectivity index (χ1v) is 5.36. The van der Waals surface area contributed by atoms with E-state index < -0.39 is 17.8 Å². The average molecular weight is 235 g/mol. The maximum Gasteiger partial charge on any atom is 0.307 e. The van der Waals surface area contributed by atoms with Gasteiger partial charge in [0.1, 0.15) is 0 Å². The highest BCUT2D eigenvalue weighted by atomic mass is 16.4. The van der Waals surface area contributed by atoms with Gasteiger partial charge in [-0.1, -0.05) is 18.2 Å². The molecule has 0 radical (unpaired) electrons. The number of rotatable bonds is 4. The smallest absolute Gasteiger partial charge is 0.307 e. The molecule has 5 nitrogen and oxygen atoms in total. The molecule has 0 aromatic heterocycles. The van der Waals surface area contributed by atoms with Crippen LogP contribution in [0.3, 0.4) is 0 Å². The van der Waals surface area contributed by atoms with Crippen molar-refractivity contribution in [2.45, 2.75) is 13.0 Å². The third-order valence-corrected chi connectivity index (χ3v) is 2.89. The van der Waals surface area contributed by atoms with E-state index in [0.29, 0.717) is 17.7 Å². The molecule has 17 heavy (non-hydrogen) atoms. The van der Waals surface area contributed by atoms with E-state index >= 15 is 0 Å². The molecule has 5 heteroatoms. The highest BCUT2D eigenvalue weighted by Crippen LogP contribution is 2.39. The number of hydrogen-bond acceptors (Lipinski definition) is 3. The van der Waals surface area contributed by atoms with Gasteiger partial charge in [0.15, 0.2) is 0 Å². The monoisotopic (exact) mass is 235 g/mol. The molecule has 1 amide bonds. The van der Waals surface area contributed by atoms with Gasteiger partial charge in [0.25, 0.3) is 0 Å². The second-order valence-electron chi connectivity index (χ2n) is 4.09. The van der Waals surface area contributed by atoms with Gasteiger partial charge >= 0.3 is 5.97 Å². The molecule has 2 atom stereocenters. The van der Waals surface area contributed by atoms with Gasteiger partial charge in [-0.3, -0.25) is 9.59 Å². The van der Waals surface area contributed by atoms with Crippen LogP contribution >= 0.6 is 0 Å². The molecule has 0 unspecified atom stereocenters. The number of carboxylic acid groups (broad SMARTS) is 1. The lowest BCUT2D eigenvalue weighted by atomic mass is 10.2. The van der Waals surface area contributed by atoms with Crippen molar-refractivity contribution in [3.8, 4) is 0 Å². The summed E-state index contributed by atoms with van der Waals surface area (Å²) < 4.78 is 0. The van der Waals surface area contributed by atoms with Gasteiger partial charge in [-0.05, 0) is 12.5 Å². The number of amides is 1. The molecule has 1 aliphatic rings. The van der Waals surface area contributed by atoms with Gasteiger partial charge in [-0.15, -0.1) is 0 Å². The van der Waals surface area contributed by atoms with E-state index in [1.54, 1.807) is 24.3 Å². The number of nitrogens with one attached hydrogen (secondary N) is 1. The Balaban J connectivity index is 2.02. The Hall–Kier alpha value is -1.88. The first kappa shape index (κ1) is 11.6. The number of para-hydroxylation sites is 1. The Bertz CT molecular complexity index is 458. The standard InChI is InChI=1S/C12H13NO4/c14-6-7-3-1-2-4-10(7)13-11(15)8-5-9(8)12(16)17/h1-4,8-9,14H,5-6H2,(H,13,15)(H,16,17)/t8-,9+/m1/s1. The summed E-state index contributed by atoms with van der Waals surface area (Å²) in [5, 5.41) is 20.4. The van der Waals surface area contributed by atoms with Crippen molar-refractivity contribution >= 4 is 17.6 Å². The summed E-state index contributed by atoms with van der Waals surface area (Å²) in [6.07, 6.45) is 0.391. The molecular formula is C12H13NO4. The molecule has 2 rings (SSSR count). The minimum atomic E-state index is -0.930. The van der Waals surface area contributed by atoms with Gasteiger partial charge in [-0.2, -0.15) is 0 Å². The van der Waals surface area contributed by atoms with Crippen LogP contribution in [0.25, 0.3) is 0 Å². The molecule has 1 aliphatic carbocycles. The van der Waals surface area contributed by atoms with E-state index in [4.69, 9.17) is 10.2 Å². The number of aliphatic carboxylic acids is 1. The fourth-order valence-corrected chi connectivity index (χ4v) is 1.76. The van der Waals surface area contributed by atoms with E-state index in [0.717, 1.165) is 0 Å². The molecule has 0 spiro atoms. The van der Waals surface area contributed by atoms with Crippen molar-refractivity contribution in [3.63, 3.8) is 0 Å². The highest BCUT2D eigenvalue weighted by molar-refractivity contribution is 5.98. The summed E-state index contributed by atoms with van der Waals surface area (Å²) in [4.78, 5) is 22.3. The van der Waals surface area contributed by atoms with E-state index in [1.165, 1.54) is 0 Å². The molecule has 3 N–H and O–H groups in total. The van der Waals surface area contributed by atoms with E-state index in [1.807, 2.05) is 0 Å². The number of carbonyl (C=O) groups excluding carboxylic acids is 1. The summed E-state index contributed by atoms with van der Waals surface area (Å²) in [5.74, 6) is -2.23. The van der Waals surface area contributed by atoms with Gasteiger partial charge < -0.3 is 15.5 Å². The zero-order valence-electron chi connectivity index (χ0n) is 9.09. The van der Waals surface area contributed by atoms with Crippen LogP contribution in [0.15, 0.2) is 24.3 Å². The van der Waals surface area contributed by atoms with Gasteiger partial charge in [0.05, 0.1) is 18.4 Å². The molecule has 0 bridgehead atoms. The topological polar surface area (TPSA) is 86.6 Å². The zero-order chi connectivity index (χ0) is 12.4. The number of carbonyl (C=O) groups is 2. The van der Waals surface area contributed by atoms with Crippen LogP contribution in [0.4, 0.5) is 5.69 Å². The molecule has 0 heterocycles. The Labute approximate surface area is 98.1 Å². The zero-order valence-corrected chi connectivity index (χ0v) is 9.09. The molecule has 1 aromatic carbocycles. The first-order valence-electron chi connectivity index (χ1n) is 5.36. The number of anilines is 1. The summed E-state index contributed by atoms with van der Waals surface area (Å²) in [7, 11) is 0. The van der Waals surface area contributed by atoms with Crippen molar-refractivity contribution < 1.29 is 19.8 Å². The third-order valence-electron chi connectivity index (χ3n) is 2.89. The van der Waals surface area contributed by atoms with Crippen LogP contribution in [-0.2, 0) is 16.2 Å². The highest BCUT2D eigenvalue weighted by Gasteiger charge is 2.48. The molecule has 1 fully saturated rings. The molecular weight excluding hydrogens is 222 g/mol. The summed E-state index contributed by atoms with van der Waals surface area (Å²) in [6, 6.07) is 6.90.